The second-order valence-electron chi connectivity index (χ2n) is 7.77. The SMILES string of the molecule is Cc1cc(C)n2nc(C)c(C(=O)NCC3(c4ccccc4)CCCC3)c2n1. The average Bonchev–Trinajstić information content (AvgIpc) is 3.26. The van der Waals surface area contributed by atoms with Gasteiger partial charge >= 0.3 is 0 Å². The minimum Gasteiger partial charge on any atom is -0.351 e. The molecule has 5 nitrogen and oxygen atoms in total. The van der Waals surface area contributed by atoms with Crippen LogP contribution in [0, 0.1) is 20.8 Å². The fourth-order valence-electron chi connectivity index (χ4n) is 4.44. The zero-order valence-corrected chi connectivity index (χ0v) is 16.2. The molecule has 0 spiro atoms. The molecule has 0 radical (unpaired) electrons. The van der Waals surface area contributed by atoms with Crippen molar-refractivity contribution in [1.29, 1.82) is 0 Å². The van der Waals surface area contributed by atoms with Gasteiger partial charge in [0.05, 0.1) is 5.69 Å². The Morgan fingerprint density at radius 1 is 1.15 bits per heavy atom. The molecule has 1 amide bonds. The van der Waals surface area contributed by atoms with Crippen LogP contribution < -0.4 is 5.32 Å². The molecule has 5 heteroatoms. The van der Waals surface area contributed by atoms with E-state index in [1.54, 1.807) is 4.52 Å². The Balaban J connectivity index is 1.63. The lowest BCUT2D eigenvalue weighted by Gasteiger charge is -2.30. The maximum Gasteiger partial charge on any atom is 0.257 e. The van der Waals surface area contributed by atoms with Crippen LogP contribution in [-0.4, -0.2) is 27.0 Å². The number of aromatic nitrogens is 3. The summed E-state index contributed by atoms with van der Waals surface area (Å²) in [6, 6.07) is 12.6. The summed E-state index contributed by atoms with van der Waals surface area (Å²) in [6.07, 6.45) is 4.64. The lowest BCUT2D eigenvalue weighted by Crippen LogP contribution is -2.39. The summed E-state index contributed by atoms with van der Waals surface area (Å²) in [6.45, 7) is 6.46. The molecule has 1 saturated carbocycles. The summed E-state index contributed by atoms with van der Waals surface area (Å²) in [5.74, 6) is -0.0813. The molecule has 0 bridgehead atoms. The summed E-state index contributed by atoms with van der Waals surface area (Å²) in [5, 5.41) is 7.73. The van der Waals surface area contributed by atoms with Gasteiger partial charge in [-0.15, -0.1) is 0 Å². The molecule has 2 heterocycles. The highest BCUT2D eigenvalue weighted by molar-refractivity contribution is 6.01. The van der Waals surface area contributed by atoms with Crippen molar-refractivity contribution in [2.75, 3.05) is 6.54 Å². The highest BCUT2D eigenvalue weighted by Crippen LogP contribution is 2.40. The van der Waals surface area contributed by atoms with Gasteiger partial charge < -0.3 is 5.32 Å². The monoisotopic (exact) mass is 362 g/mol. The Bertz CT molecular complexity index is 984. The van der Waals surface area contributed by atoms with Gasteiger partial charge in [-0.05, 0) is 45.2 Å². The van der Waals surface area contributed by atoms with Crippen LogP contribution in [0.3, 0.4) is 0 Å². The van der Waals surface area contributed by atoms with Gasteiger partial charge in [0.15, 0.2) is 5.65 Å². The van der Waals surface area contributed by atoms with Crippen LogP contribution in [0.1, 0.15) is 58.7 Å². The van der Waals surface area contributed by atoms with Gasteiger partial charge in [0, 0.05) is 23.3 Å². The number of hydrogen-bond acceptors (Lipinski definition) is 3. The average molecular weight is 362 g/mol. The molecule has 0 aliphatic heterocycles. The zero-order chi connectivity index (χ0) is 19.0. The molecule has 4 rings (SSSR count). The topological polar surface area (TPSA) is 59.3 Å². The first-order chi connectivity index (χ1) is 13.0. The molecule has 140 valence electrons. The van der Waals surface area contributed by atoms with E-state index < -0.39 is 0 Å². The lowest BCUT2D eigenvalue weighted by atomic mass is 9.79. The van der Waals surface area contributed by atoms with Crippen LogP contribution in [-0.2, 0) is 5.41 Å². The molecular weight excluding hydrogens is 336 g/mol. The number of nitrogens with zero attached hydrogens (tertiary/aromatic N) is 3. The maximum absolute atomic E-state index is 13.1. The second-order valence-corrected chi connectivity index (χ2v) is 7.77. The first-order valence-corrected chi connectivity index (χ1v) is 9.67. The van der Waals surface area contributed by atoms with Gasteiger partial charge in [0.2, 0.25) is 0 Å². The van der Waals surface area contributed by atoms with E-state index in [1.807, 2.05) is 32.9 Å². The van der Waals surface area contributed by atoms with Gasteiger partial charge in [-0.25, -0.2) is 9.50 Å². The van der Waals surface area contributed by atoms with Crippen molar-refractivity contribution in [1.82, 2.24) is 19.9 Å². The van der Waals surface area contributed by atoms with Crippen molar-refractivity contribution in [3.63, 3.8) is 0 Å². The predicted molar refractivity (Wildman–Crippen MR) is 106 cm³/mol. The number of fused-ring (bicyclic) bond motifs is 1. The normalized spacial score (nSPS) is 16.0. The van der Waals surface area contributed by atoms with Crippen LogP contribution >= 0.6 is 0 Å². The molecular formula is C22H26N4O. The van der Waals surface area contributed by atoms with Gasteiger partial charge in [0.1, 0.15) is 5.56 Å². The number of rotatable bonds is 4. The molecule has 1 aliphatic carbocycles. The van der Waals surface area contributed by atoms with Crippen LogP contribution in [0.15, 0.2) is 36.4 Å². The molecule has 2 aromatic heterocycles. The largest absolute Gasteiger partial charge is 0.351 e. The number of aryl methyl sites for hydroxylation is 3. The molecule has 1 aliphatic rings. The van der Waals surface area contributed by atoms with Crippen molar-refractivity contribution >= 4 is 11.6 Å². The Morgan fingerprint density at radius 3 is 2.56 bits per heavy atom. The fraction of sp³-hybridized carbons (Fsp3) is 0.409. The third kappa shape index (κ3) is 3.11. The summed E-state index contributed by atoms with van der Waals surface area (Å²) >= 11 is 0. The standard InChI is InChI=1S/C22H26N4O/c1-15-13-16(2)26-20(24-15)19(17(3)25-26)21(27)23-14-22(11-7-8-12-22)18-9-5-4-6-10-18/h4-6,9-10,13H,7-8,11-12,14H2,1-3H3,(H,23,27). The Morgan fingerprint density at radius 2 is 1.85 bits per heavy atom. The fourth-order valence-corrected chi connectivity index (χ4v) is 4.44. The van der Waals surface area contributed by atoms with Crippen molar-refractivity contribution in [3.8, 4) is 0 Å². The third-order valence-corrected chi connectivity index (χ3v) is 5.83. The minimum atomic E-state index is -0.0813. The number of benzene rings is 1. The van der Waals surface area contributed by atoms with E-state index in [9.17, 15) is 4.79 Å². The van der Waals surface area contributed by atoms with E-state index in [0.717, 1.165) is 24.2 Å². The van der Waals surface area contributed by atoms with E-state index in [4.69, 9.17) is 0 Å². The summed E-state index contributed by atoms with van der Waals surface area (Å²) < 4.78 is 1.76. The lowest BCUT2D eigenvalue weighted by molar-refractivity contribution is 0.0944. The van der Waals surface area contributed by atoms with E-state index in [2.05, 4.69) is 39.7 Å². The van der Waals surface area contributed by atoms with Crippen molar-refractivity contribution in [2.45, 2.75) is 51.9 Å². The van der Waals surface area contributed by atoms with Crippen molar-refractivity contribution in [2.24, 2.45) is 0 Å². The van der Waals surface area contributed by atoms with E-state index >= 15 is 0 Å². The molecule has 0 unspecified atom stereocenters. The first-order valence-electron chi connectivity index (χ1n) is 9.67. The molecule has 0 atom stereocenters. The third-order valence-electron chi connectivity index (χ3n) is 5.83. The molecule has 3 aromatic rings. The molecule has 0 saturated heterocycles. The van der Waals surface area contributed by atoms with Gasteiger partial charge in [-0.1, -0.05) is 43.2 Å². The number of amides is 1. The Kier molecular flexibility index (Phi) is 4.46. The number of carbonyl (C=O) groups excluding carboxylic acids is 1. The Labute approximate surface area is 159 Å². The van der Waals surface area contributed by atoms with Gasteiger partial charge in [-0.3, -0.25) is 4.79 Å². The van der Waals surface area contributed by atoms with Crippen LogP contribution in [0.5, 0.6) is 0 Å². The number of hydrogen-bond donors (Lipinski definition) is 1. The molecule has 1 fully saturated rings. The highest BCUT2D eigenvalue weighted by Gasteiger charge is 2.36. The zero-order valence-electron chi connectivity index (χ0n) is 16.2. The second kappa shape index (κ2) is 6.80. The van der Waals surface area contributed by atoms with Crippen molar-refractivity contribution in [3.05, 3.63) is 64.6 Å². The molecule has 1 aromatic carbocycles. The molecule has 1 N–H and O–H groups in total. The van der Waals surface area contributed by atoms with E-state index in [0.29, 0.717) is 23.4 Å². The summed E-state index contributed by atoms with van der Waals surface area (Å²) in [4.78, 5) is 17.7. The maximum atomic E-state index is 13.1. The molecule has 27 heavy (non-hydrogen) atoms. The van der Waals surface area contributed by atoms with E-state index in [1.165, 1.54) is 18.4 Å². The summed E-state index contributed by atoms with van der Waals surface area (Å²) in [7, 11) is 0. The smallest absolute Gasteiger partial charge is 0.257 e. The van der Waals surface area contributed by atoms with Gasteiger partial charge in [-0.2, -0.15) is 5.10 Å². The predicted octanol–water partition coefficient (Wildman–Crippen LogP) is 3.90. The van der Waals surface area contributed by atoms with Crippen LogP contribution in [0.4, 0.5) is 0 Å². The Hall–Kier alpha value is -2.69. The minimum absolute atomic E-state index is 0.0348. The number of carbonyl (C=O) groups is 1. The summed E-state index contributed by atoms with van der Waals surface area (Å²) in [5.41, 5.74) is 5.18. The van der Waals surface area contributed by atoms with Gasteiger partial charge in [0.25, 0.3) is 5.91 Å². The number of nitrogens with one attached hydrogen (secondary N) is 1. The highest BCUT2D eigenvalue weighted by atomic mass is 16.1. The quantitative estimate of drug-likeness (QED) is 0.766. The van der Waals surface area contributed by atoms with E-state index in [-0.39, 0.29) is 11.3 Å². The van der Waals surface area contributed by atoms with Crippen molar-refractivity contribution < 1.29 is 4.79 Å². The first kappa shape index (κ1) is 17.7. The van der Waals surface area contributed by atoms with Crippen LogP contribution in [0.2, 0.25) is 0 Å². The van der Waals surface area contributed by atoms with Crippen LogP contribution in [0.25, 0.3) is 5.65 Å².